The highest BCUT2D eigenvalue weighted by Crippen LogP contribution is 2.19. The van der Waals surface area contributed by atoms with Gasteiger partial charge in [-0.05, 0) is 25.2 Å². The van der Waals surface area contributed by atoms with Crippen LogP contribution in [0.1, 0.15) is 12.5 Å². The number of aryl methyl sites for hydroxylation is 1. The van der Waals surface area contributed by atoms with Crippen LogP contribution in [0.25, 0.3) is 11.4 Å². The lowest BCUT2D eigenvalue weighted by Gasteiger charge is -2.34. The van der Waals surface area contributed by atoms with Crippen molar-refractivity contribution in [2.45, 2.75) is 20.4 Å². The van der Waals surface area contributed by atoms with Crippen LogP contribution in [-0.4, -0.2) is 62.6 Å². The second-order valence-electron chi connectivity index (χ2n) is 6.19. The van der Waals surface area contributed by atoms with Crippen LogP contribution in [0.3, 0.4) is 0 Å². The molecule has 1 aromatic carbocycles. The minimum absolute atomic E-state index is 0.0189. The maximum atomic E-state index is 12.7. The van der Waals surface area contributed by atoms with E-state index in [4.69, 9.17) is 12.2 Å². The average Bonchev–Trinajstić information content (AvgIpc) is 2.95. The maximum Gasteiger partial charge on any atom is 0.242 e. The number of carbonyl (C=O) groups is 2. The van der Waals surface area contributed by atoms with E-state index in [1.807, 2.05) is 31.2 Å². The molecule has 0 bridgehead atoms. The molecule has 0 radical (unpaired) electrons. The summed E-state index contributed by atoms with van der Waals surface area (Å²) in [6.07, 6.45) is 0. The Morgan fingerprint density at radius 3 is 2.52 bits per heavy atom. The summed E-state index contributed by atoms with van der Waals surface area (Å²) in [7, 11) is 0. The number of H-pyrrole nitrogens is 1. The normalized spacial score (nSPS) is 14.6. The van der Waals surface area contributed by atoms with Crippen molar-refractivity contribution in [2.24, 2.45) is 0 Å². The first-order chi connectivity index (χ1) is 12.0. The number of aromatic amines is 1. The molecule has 7 nitrogen and oxygen atoms in total. The van der Waals surface area contributed by atoms with E-state index in [1.165, 1.54) is 0 Å². The van der Waals surface area contributed by atoms with Crippen LogP contribution in [0.2, 0.25) is 0 Å². The number of nitrogens with one attached hydrogen (secondary N) is 1. The van der Waals surface area contributed by atoms with Gasteiger partial charge in [0.2, 0.25) is 11.8 Å². The van der Waals surface area contributed by atoms with E-state index in [0.717, 1.165) is 11.1 Å². The van der Waals surface area contributed by atoms with Crippen LogP contribution < -0.4 is 0 Å². The molecule has 0 atom stereocenters. The fourth-order valence-corrected chi connectivity index (χ4v) is 3.17. The number of nitrogens with zero attached hydrogens (tertiary/aromatic N) is 4. The number of benzene rings is 1. The van der Waals surface area contributed by atoms with Gasteiger partial charge in [-0.2, -0.15) is 5.10 Å². The number of piperazine rings is 1. The Labute approximate surface area is 151 Å². The molecule has 3 rings (SSSR count). The Kier molecular flexibility index (Phi) is 4.98. The summed E-state index contributed by atoms with van der Waals surface area (Å²) in [4.78, 5) is 27.6. The van der Waals surface area contributed by atoms with Gasteiger partial charge in [-0.25, -0.2) is 0 Å². The molecular formula is C17H21N5O2S. The number of carbonyl (C=O) groups excluding carboxylic acids is 2. The summed E-state index contributed by atoms with van der Waals surface area (Å²) >= 11 is 5.30. The summed E-state index contributed by atoms with van der Waals surface area (Å²) in [6, 6.07) is 7.92. The summed E-state index contributed by atoms with van der Waals surface area (Å²) in [5.74, 6) is 0.685. The zero-order valence-corrected chi connectivity index (χ0v) is 15.2. The molecule has 2 amide bonds. The monoisotopic (exact) mass is 359 g/mol. The van der Waals surface area contributed by atoms with E-state index in [9.17, 15) is 9.59 Å². The van der Waals surface area contributed by atoms with E-state index in [-0.39, 0.29) is 18.4 Å². The van der Waals surface area contributed by atoms with Gasteiger partial charge >= 0.3 is 0 Å². The predicted molar refractivity (Wildman–Crippen MR) is 96.4 cm³/mol. The third kappa shape index (κ3) is 3.79. The van der Waals surface area contributed by atoms with Crippen LogP contribution in [0.4, 0.5) is 0 Å². The van der Waals surface area contributed by atoms with E-state index in [0.29, 0.717) is 36.8 Å². The van der Waals surface area contributed by atoms with Crippen LogP contribution in [-0.2, 0) is 16.1 Å². The summed E-state index contributed by atoms with van der Waals surface area (Å²) < 4.78 is 2.15. The molecule has 0 aliphatic carbocycles. The van der Waals surface area contributed by atoms with Crippen molar-refractivity contribution in [3.63, 3.8) is 0 Å². The van der Waals surface area contributed by atoms with Gasteiger partial charge in [-0.3, -0.25) is 19.3 Å². The molecule has 2 aromatic rings. The standard InChI is InChI=1S/C17H21N5O2S/c1-12-4-3-5-14(10-12)16-18-19-17(25)22(16)11-15(24)21-8-6-20(7-9-21)13(2)23/h3-5,10H,6-9,11H2,1-2H3,(H,19,25). The number of amides is 2. The van der Waals surface area contributed by atoms with Crippen molar-refractivity contribution in [1.29, 1.82) is 0 Å². The minimum Gasteiger partial charge on any atom is -0.339 e. The smallest absolute Gasteiger partial charge is 0.242 e. The molecule has 1 aliphatic heterocycles. The molecule has 1 aliphatic rings. The molecular weight excluding hydrogens is 338 g/mol. The van der Waals surface area contributed by atoms with Crippen LogP contribution in [0, 0.1) is 11.7 Å². The largest absolute Gasteiger partial charge is 0.339 e. The fourth-order valence-electron chi connectivity index (χ4n) is 2.97. The molecule has 0 spiro atoms. The minimum atomic E-state index is -0.0189. The maximum absolute atomic E-state index is 12.7. The van der Waals surface area contributed by atoms with Crippen molar-refractivity contribution in [1.82, 2.24) is 24.6 Å². The number of aromatic nitrogens is 3. The molecule has 25 heavy (non-hydrogen) atoms. The molecule has 0 saturated carbocycles. The zero-order chi connectivity index (χ0) is 18.0. The number of hydrogen-bond acceptors (Lipinski definition) is 4. The fraction of sp³-hybridized carbons (Fsp3) is 0.412. The first-order valence-corrected chi connectivity index (χ1v) is 8.62. The van der Waals surface area contributed by atoms with Gasteiger partial charge in [0, 0.05) is 38.7 Å². The van der Waals surface area contributed by atoms with Crippen LogP contribution in [0.15, 0.2) is 24.3 Å². The first-order valence-electron chi connectivity index (χ1n) is 8.21. The van der Waals surface area contributed by atoms with Crippen molar-refractivity contribution >= 4 is 24.0 Å². The third-order valence-electron chi connectivity index (χ3n) is 4.41. The summed E-state index contributed by atoms with van der Waals surface area (Å²) in [5, 5.41) is 7.06. The quantitative estimate of drug-likeness (QED) is 0.845. The van der Waals surface area contributed by atoms with E-state index in [1.54, 1.807) is 21.3 Å². The molecule has 132 valence electrons. The van der Waals surface area contributed by atoms with Gasteiger partial charge in [-0.1, -0.05) is 23.8 Å². The van der Waals surface area contributed by atoms with Gasteiger partial charge in [0.1, 0.15) is 6.54 Å². The lowest BCUT2D eigenvalue weighted by Crippen LogP contribution is -2.50. The highest BCUT2D eigenvalue weighted by atomic mass is 32.1. The van der Waals surface area contributed by atoms with Crippen molar-refractivity contribution in [2.75, 3.05) is 26.2 Å². The van der Waals surface area contributed by atoms with Gasteiger partial charge in [-0.15, -0.1) is 0 Å². The number of hydrogen-bond donors (Lipinski definition) is 1. The molecule has 1 aromatic heterocycles. The van der Waals surface area contributed by atoms with Gasteiger partial charge in [0.05, 0.1) is 0 Å². The van der Waals surface area contributed by atoms with Gasteiger partial charge in [0.25, 0.3) is 0 Å². The SMILES string of the molecule is CC(=O)N1CCN(C(=O)Cn2c(-c3cccc(C)c3)n[nH]c2=S)CC1. The third-order valence-corrected chi connectivity index (χ3v) is 4.72. The Bertz CT molecular complexity index is 849. The highest BCUT2D eigenvalue weighted by Gasteiger charge is 2.23. The first kappa shape index (κ1) is 17.3. The Balaban J connectivity index is 1.75. The summed E-state index contributed by atoms with van der Waals surface area (Å²) in [6.45, 7) is 5.93. The Morgan fingerprint density at radius 1 is 1.20 bits per heavy atom. The van der Waals surface area contributed by atoms with E-state index in [2.05, 4.69) is 10.2 Å². The topological polar surface area (TPSA) is 74.2 Å². The molecule has 0 unspecified atom stereocenters. The Morgan fingerprint density at radius 2 is 1.88 bits per heavy atom. The lowest BCUT2D eigenvalue weighted by molar-refractivity contribution is -0.138. The van der Waals surface area contributed by atoms with Crippen LogP contribution >= 0.6 is 12.2 Å². The predicted octanol–water partition coefficient (Wildman–Crippen LogP) is 1.61. The Hall–Kier alpha value is -2.48. The average molecular weight is 359 g/mol. The van der Waals surface area contributed by atoms with Crippen molar-refractivity contribution in [3.8, 4) is 11.4 Å². The van der Waals surface area contributed by atoms with E-state index < -0.39 is 0 Å². The van der Waals surface area contributed by atoms with Gasteiger partial charge < -0.3 is 9.80 Å². The van der Waals surface area contributed by atoms with Gasteiger partial charge in [0.15, 0.2) is 10.6 Å². The summed E-state index contributed by atoms with van der Waals surface area (Å²) in [5.41, 5.74) is 2.03. The van der Waals surface area contributed by atoms with Crippen LogP contribution in [0.5, 0.6) is 0 Å². The lowest BCUT2D eigenvalue weighted by atomic mass is 10.1. The molecule has 1 N–H and O–H groups in total. The zero-order valence-electron chi connectivity index (χ0n) is 14.4. The van der Waals surface area contributed by atoms with E-state index >= 15 is 0 Å². The number of rotatable bonds is 3. The molecule has 1 fully saturated rings. The van der Waals surface area contributed by atoms with Crippen molar-refractivity contribution in [3.05, 3.63) is 34.6 Å². The molecule has 2 heterocycles. The second kappa shape index (κ2) is 7.18. The highest BCUT2D eigenvalue weighted by molar-refractivity contribution is 7.71. The molecule has 8 heteroatoms. The molecule has 1 saturated heterocycles. The second-order valence-corrected chi connectivity index (χ2v) is 6.58. The van der Waals surface area contributed by atoms with Crippen molar-refractivity contribution < 1.29 is 9.59 Å².